The molecule has 4 heteroatoms. The molecule has 0 bridgehead atoms. The molecule has 0 amide bonds. The van der Waals surface area contributed by atoms with Gasteiger partial charge in [0.1, 0.15) is 0 Å². The van der Waals surface area contributed by atoms with Crippen LogP contribution in [0.3, 0.4) is 0 Å². The average molecular weight is 202 g/mol. The van der Waals surface area contributed by atoms with E-state index in [1.54, 1.807) is 6.92 Å². The van der Waals surface area contributed by atoms with Crippen LogP contribution >= 0.6 is 0 Å². The van der Waals surface area contributed by atoms with Gasteiger partial charge in [-0.1, -0.05) is 6.58 Å². The molecule has 0 aliphatic rings. The van der Waals surface area contributed by atoms with E-state index >= 15 is 0 Å². The first kappa shape index (κ1) is 13.1. The topological polar surface area (TPSA) is 66.8 Å². The summed E-state index contributed by atoms with van der Waals surface area (Å²) in [6.07, 6.45) is 0.955. The smallest absolute Gasteiger partial charge is 0.333 e. The van der Waals surface area contributed by atoms with Gasteiger partial charge in [0, 0.05) is 18.6 Å². The zero-order chi connectivity index (χ0) is 11.0. The maximum absolute atomic E-state index is 11.1. The van der Waals surface area contributed by atoms with E-state index in [0.29, 0.717) is 24.8 Å². The Hall–Kier alpha value is -0.870. The number of carbonyl (C=O) groups is 1. The summed E-state index contributed by atoms with van der Waals surface area (Å²) in [6.45, 7) is 5.43. The van der Waals surface area contributed by atoms with Crippen LogP contribution in [0, 0.1) is 0 Å². The molecule has 0 spiro atoms. The molecule has 0 aromatic heterocycles. The predicted octanol–water partition coefficient (Wildman–Crippen LogP) is 0.629. The van der Waals surface area contributed by atoms with E-state index in [1.165, 1.54) is 0 Å². The Labute approximate surface area is 84.2 Å². The maximum Gasteiger partial charge on any atom is 0.333 e. The lowest BCUT2D eigenvalue weighted by atomic mass is 10.1. The first-order chi connectivity index (χ1) is 6.57. The van der Waals surface area contributed by atoms with Gasteiger partial charge in [-0.05, 0) is 19.8 Å². The fourth-order valence-electron chi connectivity index (χ4n) is 0.817. The molecular weight excluding hydrogens is 184 g/mol. The highest BCUT2D eigenvalue weighted by Crippen LogP contribution is 2.07. The standard InChI is InChI=1S/C10H18O4/c1-8(4-5-9(2)12)10(13)14-7-3-6-11/h9,11-12H,1,3-7H2,2H3. The molecule has 0 radical (unpaired) electrons. The minimum atomic E-state index is -0.445. The van der Waals surface area contributed by atoms with E-state index in [0.717, 1.165) is 0 Å². The van der Waals surface area contributed by atoms with Gasteiger partial charge in [0.25, 0.3) is 0 Å². The largest absolute Gasteiger partial charge is 0.462 e. The van der Waals surface area contributed by atoms with Crippen LogP contribution in [0.2, 0.25) is 0 Å². The van der Waals surface area contributed by atoms with Gasteiger partial charge in [0.05, 0.1) is 12.7 Å². The molecule has 0 aromatic carbocycles. The number of aliphatic hydroxyl groups excluding tert-OH is 2. The SMILES string of the molecule is C=C(CCC(C)O)C(=O)OCCCO. The Bertz CT molecular complexity index is 187. The minimum absolute atomic E-state index is 0.00737. The predicted molar refractivity (Wildman–Crippen MR) is 52.7 cm³/mol. The number of aliphatic hydroxyl groups is 2. The Kier molecular flexibility index (Phi) is 7.06. The van der Waals surface area contributed by atoms with Crippen molar-refractivity contribution in [1.29, 1.82) is 0 Å². The van der Waals surface area contributed by atoms with Gasteiger partial charge in [0.2, 0.25) is 0 Å². The molecular formula is C10H18O4. The zero-order valence-corrected chi connectivity index (χ0v) is 8.53. The summed E-state index contributed by atoms with van der Waals surface area (Å²) in [5, 5.41) is 17.4. The van der Waals surface area contributed by atoms with Crippen LogP contribution in [-0.2, 0) is 9.53 Å². The molecule has 1 unspecified atom stereocenters. The van der Waals surface area contributed by atoms with Crippen molar-refractivity contribution < 1.29 is 19.7 Å². The van der Waals surface area contributed by atoms with Crippen LogP contribution in [0.5, 0.6) is 0 Å². The van der Waals surface area contributed by atoms with Crippen molar-refractivity contribution >= 4 is 5.97 Å². The van der Waals surface area contributed by atoms with E-state index in [2.05, 4.69) is 6.58 Å². The Morgan fingerprint density at radius 2 is 2.21 bits per heavy atom. The van der Waals surface area contributed by atoms with Crippen molar-refractivity contribution in [2.45, 2.75) is 32.3 Å². The van der Waals surface area contributed by atoms with Gasteiger partial charge < -0.3 is 14.9 Å². The summed E-state index contributed by atoms with van der Waals surface area (Å²) in [4.78, 5) is 11.1. The summed E-state index contributed by atoms with van der Waals surface area (Å²) in [6, 6.07) is 0. The minimum Gasteiger partial charge on any atom is -0.462 e. The molecule has 4 nitrogen and oxygen atoms in total. The summed E-state index contributed by atoms with van der Waals surface area (Å²) in [5.74, 6) is -0.445. The maximum atomic E-state index is 11.1. The summed E-state index contributed by atoms with van der Waals surface area (Å²) >= 11 is 0. The summed E-state index contributed by atoms with van der Waals surface area (Å²) in [5.41, 5.74) is 0.365. The number of esters is 1. The fourth-order valence-corrected chi connectivity index (χ4v) is 0.817. The lowest BCUT2D eigenvalue weighted by Crippen LogP contribution is -2.11. The van der Waals surface area contributed by atoms with Gasteiger partial charge in [-0.2, -0.15) is 0 Å². The Morgan fingerprint density at radius 3 is 2.71 bits per heavy atom. The van der Waals surface area contributed by atoms with E-state index < -0.39 is 12.1 Å². The van der Waals surface area contributed by atoms with Gasteiger partial charge in [-0.15, -0.1) is 0 Å². The van der Waals surface area contributed by atoms with Gasteiger partial charge in [0.15, 0.2) is 0 Å². The van der Waals surface area contributed by atoms with Crippen molar-refractivity contribution in [3.63, 3.8) is 0 Å². The second kappa shape index (κ2) is 7.53. The van der Waals surface area contributed by atoms with Crippen molar-refractivity contribution in [2.24, 2.45) is 0 Å². The molecule has 1 atom stereocenters. The monoisotopic (exact) mass is 202 g/mol. The zero-order valence-electron chi connectivity index (χ0n) is 8.53. The van der Waals surface area contributed by atoms with E-state index in [-0.39, 0.29) is 13.2 Å². The molecule has 0 aliphatic carbocycles. The highest BCUT2D eigenvalue weighted by Gasteiger charge is 2.08. The third-order valence-electron chi connectivity index (χ3n) is 1.69. The number of hydrogen-bond donors (Lipinski definition) is 2. The molecule has 0 heterocycles. The first-order valence-corrected chi connectivity index (χ1v) is 4.71. The van der Waals surface area contributed by atoms with Crippen LogP contribution in [0.4, 0.5) is 0 Å². The second-order valence-corrected chi connectivity index (χ2v) is 3.20. The van der Waals surface area contributed by atoms with Crippen molar-refractivity contribution in [3.8, 4) is 0 Å². The molecule has 2 N–H and O–H groups in total. The molecule has 0 aliphatic heterocycles. The molecule has 0 fully saturated rings. The van der Waals surface area contributed by atoms with Crippen molar-refractivity contribution in [2.75, 3.05) is 13.2 Å². The number of rotatable bonds is 7. The summed E-state index contributed by atoms with van der Waals surface area (Å²) < 4.78 is 4.80. The lowest BCUT2D eigenvalue weighted by molar-refractivity contribution is -0.139. The highest BCUT2D eigenvalue weighted by atomic mass is 16.5. The Balaban J connectivity index is 3.60. The first-order valence-electron chi connectivity index (χ1n) is 4.71. The van der Waals surface area contributed by atoms with Crippen molar-refractivity contribution in [1.82, 2.24) is 0 Å². The molecule has 0 saturated carbocycles. The van der Waals surface area contributed by atoms with E-state index in [4.69, 9.17) is 14.9 Å². The van der Waals surface area contributed by atoms with Gasteiger partial charge in [-0.3, -0.25) is 0 Å². The molecule has 0 saturated heterocycles. The number of carbonyl (C=O) groups excluding carboxylic acids is 1. The summed E-state index contributed by atoms with van der Waals surface area (Å²) in [7, 11) is 0. The average Bonchev–Trinajstić information content (AvgIpc) is 2.14. The van der Waals surface area contributed by atoms with Gasteiger partial charge >= 0.3 is 5.97 Å². The van der Waals surface area contributed by atoms with Crippen LogP contribution < -0.4 is 0 Å². The molecule has 0 aromatic rings. The number of ether oxygens (including phenoxy) is 1. The van der Waals surface area contributed by atoms with Crippen molar-refractivity contribution in [3.05, 3.63) is 12.2 Å². The molecule has 14 heavy (non-hydrogen) atoms. The number of hydrogen-bond acceptors (Lipinski definition) is 4. The normalized spacial score (nSPS) is 12.2. The molecule has 82 valence electrons. The van der Waals surface area contributed by atoms with Crippen LogP contribution in [0.1, 0.15) is 26.2 Å². The highest BCUT2D eigenvalue weighted by molar-refractivity contribution is 5.87. The van der Waals surface area contributed by atoms with E-state index in [9.17, 15) is 4.79 Å². The fraction of sp³-hybridized carbons (Fsp3) is 0.700. The second-order valence-electron chi connectivity index (χ2n) is 3.20. The Morgan fingerprint density at radius 1 is 1.57 bits per heavy atom. The van der Waals surface area contributed by atoms with Gasteiger partial charge in [-0.25, -0.2) is 4.79 Å². The quantitative estimate of drug-likeness (QED) is 0.361. The van der Waals surface area contributed by atoms with Crippen LogP contribution in [-0.4, -0.2) is 35.5 Å². The van der Waals surface area contributed by atoms with Crippen LogP contribution in [0.25, 0.3) is 0 Å². The molecule has 0 rings (SSSR count). The lowest BCUT2D eigenvalue weighted by Gasteiger charge is -2.07. The third kappa shape index (κ3) is 6.62. The van der Waals surface area contributed by atoms with E-state index in [1.807, 2.05) is 0 Å². The third-order valence-corrected chi connectivity index (χ3v) is 1.69. The van der Waals surface area contributed by atoms with Crippen LogP contribution in [0.15, 0.2) is 12.2 Å².